The van der Waals surface area contributed by atoms with E-state index in [9.17, 15) is 4.79 Å². The molecule has 1 aromatic carbocycles. The molecule has 0 heterocycles. The Morgan fingerprint density at radius 2 is 2.05 bits per heavy atom. The quantitative estimate of drug-likeness (QED) is 0.590. The van der Waals surface area contributed by atoms with Gasteiger partial charge in [-0.1, -0.05) is 18.5 Å². The predicted octanol–water partition coefficient (Wildman–Crippen LogP) is 3.36. The van der Waals surface area contributed by atoms with Crippen molar-refractivity contribution in [1.29, 1.82) is 0 Å². The van der Waals surface area contributed by atoms with E-state index >= 15 is 0 Å². The van der Waals surface area contributed by atoms with E-state index in [0.29, 0.717) is 6.61 Å². The second kappa shape index (κ2) is 9.23. The lowest BCUT2D eigenvalue weighted by Crippen LogP contribution is -2.38. The number of halogens is 1. The van der Waals surface area contributed by atoms with Crippen molar-refractivity contribution >= 4 is 29.3 Å². The van der Waals surface area contributed by atoms with E-state index in [-0.39, 0.29) is 12.0 Å². The van der Waals surface area contributed by atoms with Gasteiger partial charge < -0.3 is 10.1 Å². The van der Waals surface area contributed by atoms with Gasteiger partial charge in [0.1, 0.15) is 6.04 Å². The van der Waals surface area contributed by atoms with E-state index in [1.54, 1.807) is 11.8 Å². The first-order valence-electron chi connectivity index (χ1n) is 6.45. The molecule has 0 saturated heterocycles. The van der Waals surface area contributed by atoms with Crippen molar-refractivity contribution in [2.24, 2.45) is 0 Å². The van der Waals surface area contributed by atoms with Gasteiger partial charge in [0, 0.05) is 15.7 Å². The highest BCUT2D eigenvalue weighted by Gasteiger charge is 2.17. The van der Waals surface area contributed by atoms with Crippen molar-refractivity contribution < 1.29 is 9.53 Å². The van der Waals surface area contributed by atoms with Crippen molar-refractivity contribution in [2.75, 3.05) is 18.9 Å². The SMILES string of the molecule is CCNC(CCSc1ccc(Cl)cc1)C(=O)OCC. The number of esters is 1. The number of hydrogen-bond donors (Lipinski definition) is 1. The summed E-state index contributed by atoms with van der Waals surface area (Å²) in [5.74, 6) is 0.694. The van der Waals surface area contributed by atoms with Crippen LogP contribution in [0.1, 0.15) is 20.3 Å². The second-order valence-electron chi connectivity index (χ2n) is 3.95. The molecule has 0 fully saturated rings. The minimum absolute atomic E-state index is 0.166. The van der Waals surface area contributed by atoms with Crippen LogP contribution in [-0.2, 0) is 9.53 Å². The van der Waals surface area contributed by atoms with Crippen LogP contribution < -0.4 is 5.32 Å². The topological polar surface area (TPSA) is 38.3 Å². The van der Waals surface area contributed by atoms with Crippen LogP contribution in [0.25, 0.3) is 0 Å². The first-order valence-corrected chi connectivity index (χ1v) is 7.82. The van der Waals surface area contributed by atoms with Crippen LogP contribution in [0.15, 0.2) is 29.2 Å². The number of benzene rings is 1. The van der Waals surface area contributed by atoms with Crippen LogP contribution in [0, 0.1) is 0 Å². The summed E-state index contributed by atoms with van der Waals surface area (Å²) in [7, 11) is 0. The van der Waals surface area contributed by atoms with E-state index in [1.165, 1.54) is 0 Å². The van der Waals surface area contributed by atoms with E-state index in [1.807, 2.05) is 38.1 Å². The van der Waals surface area contributed by atoms with Gasteiger partial charge in [-0.3, -0.25) is 4.79 Å². The highest BCUT2D eigenvalue weighted by Crippen LogP contribution is 2.21. The summed E-state index contributed by atoms with van der Waals surface area (Å²) in [6.07, 6.45) is 0.750. The Balaban J connectivity index is 2.39. The minimum Gasteiger partial charge on any atom is -0.465 e. The molecule has 0 bridgehead atoms. The zero-order valence-corrected chi connectivity index (χ0v) is 12.9. The Morgan fingerprint density at radius 1 is 1.37 bits per heavy atom. The van der Waals surface area contributed by atoms with Crippen LogP contribution in [0.2, 0.25) is 5.02 Å². The number of carbonyl (C=O) groups excluding carboxylic acids is 1. The molecule has 19 heavy (non-hydrogen) atoms. The summed E-state index contributed by atoms with van der Waals surface area (Å²) >= 11 is 7.55. The van der Waals surface area contributed by atoms with Crippen LogP contribution in [-0.4, -0.2) is 30.9 Å². The van der Waals surface area contributed by atoms with Crippen LogP contribution in [0.3, 0.4) is 0 Å². The average Bonchev–Trinajstić information content (AvgIpc) is 2.40. The molecule has 5 heteroatoms. The first-order chi connectivity index (χ1) is 9.17. The van der Waals surface area contributed by atoms with Gasteiger partial charge in [0.05, 0.1) is 6.61 Å². The summed E-state index contributed by atoms with van der Waals surface area (Å²) in [5, 5.41) is 3.89. The number of hydrogen-bond acceptors (Lipinski definition) is 4. The van der Waals surface area contributed by atoms with Gasteiger partial charge in [-0.05, 0) is 44.2 Å². The maximum atomic E-state index is 11.7. The van der Waals surface area contributed by atoms with Gasteiger partial charge in [-0.25, -0.2) is 0 Å². The molecular weight excluding hydrogens is 282 g/mol. The van der Waals surface area contributed by atoms with Crippen LogP contribution in [0.4, 0.5) is 0 Å². The van der Waals surface area contributed by atoms with Gasteiger partial charge >= 0.3 is 5.97 Å². The highest BCUT2D eigenvalue weighted by atomic mass is 35.5. The predicted molar refractivity (Wildman–Crippen MR) is 80.9 cm³/mol. The number of likely N-dealkylation sites (N-methyl/N-ethyl adjacent to an activating group) is 1. The Hall–Kier alpha value is -0.710. The summed E-state index contributed by atoms with van der Waals surface area (Å²) < 4.78 is 5.05. The molecule has 0 aromatic heterocycles. The van der Waals surface area contributed by atoms with E-state index in [0.717, 1.165) is 28.6 Å². The van der Waals surface area contributed by atoms with Gasteiger partial charge in [0.25, 0.3) is 0 Å². The van der Waals surface area contributed by atoms with E-state index < -0.39 is 0 Å². The van der Waals surface area contributed by atoms with Gasteiger partial charge in [0.15, 0.2) is 0 Å². The van der Waals surface area contributed by atoms with Gasteiger partial charge in [0.2, 0.25) is 0 Å². The van der Waals surface area contributed by atoms with Crippen LogP contribution in [0.5, 0.6) is 0 Å². The smallest absolute Gasteiger partial charge is 0.323 e. The molecule has 3 nitrogen and oxygen atoms in total. The molecule has 1 atom stereocenters. The third kappa shape index (κ3) is 6.32. The molecule has 0 aliphatic rings. The fourth-order valence-corrected chi connectivity index (χ4v) is 2.66. The van der Waals surface area contributed by atoms with Gasteiger partial charge in [-0.15, -0.1) is 11.8 Å². The number of thioether (sulfide) groups is 1. The molecule has 1 rings (SSSR count). The normalized spacial score (nSPS) is 12.2. The average molecular weight is 302 g/mol. The highest BCUT2D eigenvalue weighted by molar-refractivity contribution is 7.99. The maximum absolute atomic E-state index is 11.7. The molecule has 1 unspecified atom stereocenters. The number of rotatable bonds is 8. The Morgan fingerprint density at radius 3 is 2.63 bits per heavy atom. The Kier molecular flexibility index (Phi) is 7.94. The lowest BCUT2D eigenvalue weighted by molar-refractivity contribution is -0.145. The third-order valence-corrected chi connectivity index (χ3v) is 3.81. The molecular formula is C14H20ClNO2S. The van der Waals surface area contributed by atoms with Crippen LogP contribution >= 0.6 is 23.4 Å². The van der Waals surface area contributed by atoms with E-state index in [2.05, 4.69) is 5.32 Å². The molecule has 0 saturated carbocycles. The zero-order valence-electron chi connectivity index (χ0n) is 11.3. The standard InChI is InChI=1S/C14H20ClNO2S/c1-3-16-13(14(17)18-4-2)9-10-19-12-7-5-11(15)6-8-12/h5-8,13,16H,3-4,9-10H2,1-2H3. The molecule has 0 radical (unpaired) electrons. The minimum atomic E-state index is -0.218. The van der Waals surface area contributed by atoms with Crippen molar-refractivity contribution in [2.45, 2.75) is 31.2 Å². The van der Waals surface area contributed by atoms with Crippen molar-refractivity contribution in [3.63, 3.8) is 0 Å². The fraction of sp³-hybridized carbons (Fsp3) is 0.500. The summed E-state index contributed by atoms with van der Waals surface area (Å²) in [6, 6.07) is 7.50. The Bertz CT molecular complexity index is 384. The summed E-state index contributed by atoms with van der Waals surface area (Å²) in [5.41, 5.74) is 0. The number of nitrogens with one attached hydrogen (secondary N) is 1. The molecule has 0 amide bonds. The maximum Gasteiger partial charge on any atom is 0.323 e. The Labute approximate surface area is 124 Å². The van der Waals surface area contributed by atoms with E-state index in [4.69, 9.17) is 16.3 Å². The van der Waals surface area contributed by atoms with Crippen molar-refractivity contribution in [1.82, 2.24) is 5.32 Å². The van der Waals surface area contributed by atoms with Gasteiger partial charge in [-0.2, -0.15) is 0 Å². The molecule has 0 aliphatic heterocycles. The summed E-state index contributed by atoms with van der Waals surface area (Å²) in [6.45, 7) is 4.99. The number of ether oxygens (including phenoxy) is 1. The molecule has 0 aliphatic carbocycles. The molecule has 106 valence electrons. The monoisotopic (exact) mass is 301 g/mol. The lowest BCUT2D eigenvalue weighted by atomic mass is 10.2. The molecule has 1 N–H and O–H groups in total. The van der Waals surface area contributed by atoms with Crippen molar-refractivity contribution in [3.05, 3.63) is 29.3 Å². The number of carbonyl (C=O) groups is 1. The molecule has 0 spiro atoms. The first kappa shape index (κ1) is 16.3. The molecule has 1 aromatic rings. The lowest BCUT2D eigenvalue weighted by Gasteiger charge is -2.15. The second-order valence-corrected chi connectivity index (χ2v) is 5.56. The summed E-state index contributed by atoms with van der Waals surface area (Å²) in [4.78, 5) is 12.9. The van der Waals surface area contributed by atoms with Crippen molar-refractivity contribution in [3.8, 4) is 0 Å². The fourth-order valence-electron chi connectivity index (χ4n) is 1.62. The largest absolute Gasteiger partial charge is 0.465 e. The zero-order chi connectivity index (χ0) is 14.1. The third-order valence-electron chi connectivity index (χ3n) is 2.51.